The second kappa shape index (κ2) is 10.2. The number of methoxy groups -OCH3 is 3. The first-order valence-corrected chi connectivity index (χ1v) is 10.4. The van der Waals surface area contributed by atoms with Crippen molar-refractivity contribution in [1.82, 2.24) is 20.2 Å². The molecule has 0 spiro atoms. The van der Waals surface area contributed by atoms with E-state index in [0.717, 1.165) is 0 Å². The summed E-state index contributed by atoms with van der Waals surface area (Å²) in [4.78, 5) is 23.1. The molecule has 3 heterocycles. The average Bonchev–Trinajstić information content (AvgIpc) is 3.36. The lowest BCUT2D eigenvalue weighted by Gasteiger charge is -2.30. The molecule has 1 fully saturated rings. The molecule has 3 aromatic rings. The van der Waals surface area contributed by atoms with E-state index in [-0.39, 0.29) is 30.3 Å². The minimum atomic E-state index is -0.281. The topological polar surface area (TPSA) is 122 Å². The van der Waals surface area contributed by atoms with E-state index < -0.39 is 0 Å². The maximum absolute atomic E-state index is 12.5. The molecule has 0 bridgehead atoms. The Morgan fingerprint density at radius 1 is 1.03 bits per heavy atom. The summed E-state index contributed by atoms with van der Waals surface area (Å²) in [6, 6.07) is 5.18. The lowest BCUT2D eigenvalue weighted by atomic mass is 9.97. The zero-order valence-electron chi connectivity index (χ0n) is 18.7. The van der Waals surface area contributed by atoms with Crippen LogP contribution in [0.4, 0.5) is 5.95 Å². The van der Waals surface area contributed by atoms with E-state index in [1.165, 1.54) is 21.3 Å². The number of esters is 1. The van der Waals surface area contributed by atoms with Gasteiger partial charge in [0.25, 0.3) is 5.89 Å². The smallest absolute Gasteiger partial charge is 0.309 e. The number of piperidine rings is 1. The summed E-state index contributed by atoms with van der Waals surface area (Å²) in [6.45, 7) is 1.28. The molecule has 11 heteroatoms. The van der Waals surface area contributed by atoms with Gasteiger partial charge in [0.1, 0.15) is 0 Å². The third kappa shape index (κ3) is 4.97. The number of benzene rings is 1. The Labute approximate surface area is 190 Å². The summed E-state index contributed by atoms with van der Waals surface area (Å²) in [5, 5.41) is 8.03. The SMILES string of the molecule is COc1cc(-c2nnc(COC(=O)C3CCN(c4ncccn4)CC3)o2)cc(OC)c1OC. The van der Waals surface area contributed by atoms with E-state index in [9.17, 15) is 4.79 Å². The van der Waals surface area contributed by atoms with Crippen LogP contribution in [0.3, 0.4) is 0 Å². The van der Waals surface area contributed by atoms with Gasteiger partial charge >= 0.3 is 5.97 Å². The van der Waals surface area contributed by atoms with Crippen LogP contribution in [0.2, 0.25) is 0 Å². The number of hydrogen-bond donors (Lipinski definition) is 0. The minimum Gasteiger partial charge on any atom is -0.493 e. The number of anilines is 1. The highest BCUT2D eigenvalue weighted by Crippen LogP contribution is 2.40. The number of carbonyl (C=O) groups excluding carboxylic acids is 1. The Bertz CT molecular complexity index is 1060. The summed E-state index contributed by atoms with van der Waals surface area (Å²) in [7, 11) is 4.58. The fourth-order valence-electron chi connectivity index (χ4n) is 3.65. The van der Waals surface area contributed by atoms with E-state index in [1.807, 2.05) is 0 Å². The van der Waals surface area contributed by atoms with E-state index in [2.05, 4.69) is 25.1 Å². The second-order valence-corrected chi connectivity index (χ2v) is 7.33. The first kappa shape index (κ1) is 22.3. The number of aromatic nitrogens is 4. The number of nitrogens with zero attached hydrogens (tertiary/aromatic N) is 5. The molecule has 0 radical (unpaired) electrons. The molecular formula is C22H25N5O6. The van der Waals surface area contributed by atoms with Crippen LogP contribution in [0, 0.1) is 5.92 Å². The van der Waals surface area contributed by atoms with Crippen LogP contribution in [0.1, 0.15) is 18.7 Å². The Hall–Kier alpha value is -3.89. The summed E-state index contributed by atoms with van der Waals surface area (Å²) >= 11 is 0. The predicted molar refractivity (Wildman–Crippen MR) is 116 cm³/mol. The van der Waals surface area contributed by atoms with Crippen molar-refractivity contribution in [2.24, 2.45) is 5.92 Å². The van der Waals surface area contributed by atoms with E-state index in [1.54, 1.807) is 30.6 Å². The third-order valence-electron chi connectivity index (χ3n) is 5.38. The summed E-state index contributed by atoms with van der Waals surface area (Å²) in [5.74, 6) is 2.03. The number of rotatable bonds is 8. The van der Waals surface area contributed by atoms with Gasteiger partial charge in [0.2, 0.25) is 17.6 Å². The van der Waals surface area contributed by atoms with Crippen molar-refractivity contribution in [1.29, 1.82) is 0 Å². The Kier molecular flexibility index (Phi) is 6.86. The van der Waals surface area contributed by atoms with Crippen LogP contribution in [-0.2, 0) is 16.1 Å². The van der Waals surface area contributed by atoms with Crippen molar-refractivity contribution < 1.29 is 28.2 Å². The molecule has 0 saturated carbocycles. The highest BCUT2D eigenvalue weighted by molar-refractivity contribution is 5.72. The fourth-order valence-corrected chi connectivity index (χ4v) is 3.65. The molecular weight excluding hydrogens is 430 g/mol. The van der Waals surface area contributed by atoms with E-state index >= 15 is 0 Å². The molecule has 0 unspecified atom stereocenters. The highest BCUT2D eigenvalue weighted by Gasteiger charge is 2.27. The van der Waals surface area contributed by atoms with Crippen molar-refractivity contribution in [2.45, 2.75) is 19.4 Å². The molecule has 0 atom stereocenters. The minimum absolute atomic E-state index is 0.0989. The Morgan fingerprint density at radius 2 is 1.70 bits per heavy atom. The van der Waals surface area contributed by atoms with Crippen molar-refractivity contribution >= 4 is 11.9 Å². The molecule has 1 saturated heterocycles. The average molecular weight is 455 g/mol. The Morgan fingerprint density at radius 3 is 2.30 bits per heavy atom. The maximum Gasteiger partial charge on any atom is 0.309 e. The van der Waals surface area contributed by atoms with Gasteiger partial charge in [-0.15, -0.1) is 10.2 Å². The van der Waals surface area contributed by atoms with Crippen LogP contribution >= 0.6 is 0 Å². The van der Waals surface area contributed by atoms with Crippen LogP contribution in [-0.4, -0.2) is 60.6 Å². The largest absolute Gasteiger partial charge is 0.493 e. The number of ether oxygens (including phenoxy) is 4. The van der Waals surface area contributed by atoms with Crippen LogP contribution in [0.5, 0.6) is 17.2 Å². The van der Waals surface area contributed by atoms with Gasteiger partial charge in [-0.3, -0.25) is 4.79 Å². The normalized spacial score (nSPS) is 14.1. The van der Waals surface area contributed by atoms with Crippen molar-refractivity contribution in [3.05, 3.63) is 36.5 Å². The summed E-state index contributed by atoms with van der Waals surface area (Å²) in [6.07, 6.45) is 4.74. The Balaban J connectivity index is 1.34. The van der Waals surface area contributed by atoms with Crippen LogP contribution < -0.4 is 19.1 Å². The number of hydrogen-bond acceptors (Lipinski definition) is 11. The van der Waals surface area contributed by atoms with Gasteiger partial charge in [0.15, 0.2) is 18.1 Å². The van der Waals surface area contributed by atoms with Gasteiger partial charge < -0.3 is 28.3 Å². The predicted octanol–water partition coefficient (Wildman–Crippen LogP) is 2.51. The quantitative estimate of drug-likeness (QED) is 0.466. The van der Waals surface area contributed by atoms with Crippen molar-refractivity contribution in [3.8, 4) is 28.7 Å². The molecule has 0 amide bonds. The monoisotopic (exact) mass is 455 g/mol. The van der Waals surface area contributed by atoms with Crippen LogP contribution in [0.25, 0.3) is 11.5 Å². The van der Waals surface area contributed by atoms with E-state index in [4.69, 9.17) is 23.4 Å². The zero-order chi connectivity index (χ0) is 23.2. The standard InChI is InChI=1S/C22H25N5O6/c1-29-16-11-15(12-17(30-2)19(16)31-3)20-26-25-18(33-20)13-32-21(28)14-5-9-27(10-6-14)22-23-7-4-8-24-22/h4,7-8,11-12,14H,5-6,9-10,13H2,1-3H3. The molecule has 0 N–H and O–H groups in total. The first-order valence-electron chi connectivity index (χ1n) is 10.4. The lowest BCUT2D eigenvalue weighted by Crippen LogP contribution is -2.37. The van der Waals surface area contributed by atoms with Gasteiger partial charge in [-0.25, -0.2) is 9.97 Å². The number of carbonyl (C=O) groups is 1. The summed E-state index contributed by atoms with van der Waals surface area (Å²) in [5.41, 5.74) is 0.588. The molecule has 1 aliphatic rings. The van der Waals surface area contributed by atoms with Crippen LogP contribution in [0.15, 0.2) is 35.0 Å². The first-order chi connectivity index (χ1) is 16.1. The fraction of sp³-hybridized carbons (Fsp3) is 0.409. The van der Waals surface area contributed by atoms with Gasteiger partial charge in [0.05, 0.1) is 27.2 Å². The molecule has 1 aliphatic heterocycles. The molecule has 11 nitrogen and oxygen atoms in total. The third-order valence-corrected chi connectivity index (χ3v) is 5.38. The van der Waals surface area contributed by atoms with Crippen molar-refractivity contribution in [3.63, 3.8) is 0 Å². The second-order valence-electron chi connectivity index (χ2n) is 7.33. The van der Waals surface area contributed by atoms with Crippen molar-refractivity contribution in [2.75, 3.05) is 39.3 Å². The zero-order valence-corrected chi connectivity index (χ0v) is 18.7. The molecule has 1 aromatic carbocycles. The molecule has 0 aliphatic carbocycles. The molecule has 2 aromatic heterocycles. The highest BCUT2D eigenvalue weighted by atomic mass is 16.5. The van der Waals surface area contributed by atoms with Gasteiger partial charge in [-0.05, 0) is 31.0 Å². The molecule has 4 rings (SSSR count). The van der Waals surface area contributed by atoms with Gasteiger partial charge in [-0.1, -0.05) is 0 Å². The molecule has 33 heavy (non-hydrogen) atoms. The van der Waals surface area contributed by atoms with Gasteiger partial charge in [-0.2, -0.15) is 0 Å². The molecule has 174 valence electrons. The lowest BCUT2D eigenvalue weighted by molar-refractivity contribution is -0.151. The van der Waals surface area contributed by atoms with Gasteiger partial charge in [0, 0.05) is 31.0 Å². The summed E-state index contributed by atoms with van der Waals surface area (Å²) < 4.78 is 27.1. The maximum atomic E-state index is 12.5. The van der Waals surface area contributed by atoms with E-state index in [0.29, 0.717) is 54.7 Å².